The first kappa shape index (κ1) is 19.2. The fraction of sp³-hybridized carbons (Fsp3) is 0.238. The highest BCUT2D eigenvalue weighted by atomic mass is 32.1. The van der Waals surface area contributed by atoms with Crippen LogP contribution in [-0.4, -0.2) is 36.7 Å². The number of rotatable bonds is 4. The van der Waals surface area contributed by atoms with Crippen molar-refractivity contribution in [2.75, 3.05) is 25.1 Å². The highest BCUT2D eigenvalue weighted by Gasteiger charge is 2.27. The largest absolute Gasteiger partial charge is 0.486 e. The lowest BCUT2D eigenvalue weighted by atomic mass is 10.0. The van der Waals surface area contributed by atoms with Crippen LogP contribution in [0.2, 0.25) is 0 Å². The van der Waals surface area contributed by atoms with Crippen LogP contribution < -0.4 is 20.1 Å². The zero-order chi connectivity index (χ0) is 20.4. The number of aliphatic hydroxyl groups is 1. The fourth-order valence-electron chi connectivity index (χ4n) is 2.98. The number of hydrogen-bond donors (Lipinski definition) is 3. The third kappa shape index (κ3) is 4.18. The van der Waals surface area contributed by atoms with Crippen LogP contribution in [0.4, 0.5) is 5.69 Å². The van der Waals surface area contributed by atoms with E-state index in [4.69, 9.17) is 9.47 Å². The van der Waals surface area contributed by atoms with Gasteiger partial charge in [-0.05, 0) is 36.6 Å². The fourth-order valence-corrected chi connectivity index (χ4v) is 4.08. The lowest BCUT2D eigenvalue weighted by Gasteiger charge is -2.22. The van der Waals surface area contributed by atoms with Gasteiger partial charge in [0, 0.05) is 21.3 Å². The van der Waals surface area contributed by atoms with Gasteiger partial charge >= 0.3 is 11.8 Å². The average Bonchev–Trinajstić information content (AvgIpc) is 3.17. The Kier molecular flexibility index (Phi) is 5.12. The molecule has 150 valence electrons. The van der Waals surface area contributed by atoms with Crippen LogP contribution >= 0.6 is 11.3 Å². The predicted molar refractivity (Wildman–Crippen MR) is 110 cm³/mol. The van der Waals surface area contributed by atoms with Gasteiger partial charge in [-0.2, -0.15) is 0 Å². The van der Waals surface area contributed by atoms with E-state index < -0.39 is 17.4 Å². The number of fused-ring (bicyclic) bond motifs is 2. The highest BCUT2D eigenvalue weighted by Crippen LogP contribution is 2.33. The van der Waals surface area contributed by atoms with Gasteiger partial charge in [0.05, 0.1) is 6.54 Å². The van der Waals surface area contributed by atoms with Crippen molar-refractivity contribution in [3.05, 3.63) is 53.4 Å². The number of carbonyl (C=O) groups excluding carboxylic acids is 2. The van der Waals surface area contributed by atoms with E-state index in [1.807, 2.05) is 30.3 Å². The van der Waals surface area contributed by atoms with Crippen LogP contribution in [0.3, 0.4) is 0 Å². The molecule has 1 aromatic heterocycles. The van der Waals surface area contributed by atoms with E-state index in [9.17, 15) is 14.7 Å². The molecule has 8 heteroatoms. The number of anilines is 1. The number of hydrogen-bond acceptors (Lipinski definition) is 6. The number of amides is 2. The third-order valence-corrected chi connectivity index (χ3v) is 5.92. The van der Waals surface area contributed by atoms with Gasteiger partial charge in [0.2, 0.25) is 0 Å². The van der Waals surface area contributed by atoms with Crippen molar-refractivity contribution in [3.63, 3.8) is 0 Å². The molecule has 0 radical (unpaired) electrons. The van der Waals surface area contributed by atoms with Crippen molar-refractivity contribution in [1.29, 1.82) is 0 Å². The quantitative estimate of drug-likeness (QED) is 0.573. The van der Waals surface area contributed by atoms with Crippen LogP contribution in [0.25, 0.3) is 10.1 Å². The van der Waals surface area contributed by atoms with Crippen molar-refractivity contribution in [2.24, 2.45) is 0 Å². The van der Waals surface area contributed by atoms with Crippen molar-refractivity contribution >= 4 is 38.9 Å². The molecular formula is C21H20N2O5S. The summed E-state index contributed by atoms with van der Waals surface area (Å²) in [5.41, 5.74) is -0.873. The van der Waals surface area contributed by atoms with Crippen LogP contribution in [0, 0.1) is 0 Å². The molecule has 29 heavy (non-hydrogen) atoms. The van der Waals surface area contributed by atoms with Gasteiger partial charge in [0.25, 0.3) is 0 Å². The SMILES string of the molecule is CC(O)(CNC(=O)C(=O)Nc1ccc2c(c1)OCCO2)c1cc2ccccc2s1. The smallest absolute Gasteiger partial charge is 0.313 e. The molecule has 7 nitrogen and oxygen atoms in total. The molecule has 0 saturated heterocycles. The summed E-state index contributed by atoms with van der Waals surface area (Å²) >= 11 is 1.45. The number of benzene rings is 2. The van der Waals surface area contributed by atoms with Gasteiger partial charge in [-0.25, -0.2) is 0 Å². The number of ether oxygens (including phenoxy) is 2. The molecule has 0 fully saturated rings. The highest BCUT2D eigenvalue weighted by molar-refractivity contribution is 7.19. The minimum absolute atomic E-state index is 0.0901. The Bertz CT molecular complexity index is 1040. The Morgan fingerprint density at radius 3 is 2.62 bits per heavy atom. The predicted octanol–water partition coefficient (Wildman–Crippen LogP) is 2.63. The maximum absolute atomic E-state index is 12.2. The van der Waals surface area contributed by atoms with Gasteiger partial charge in [0.1, 0.15) is 18.8 Å². The van der Waals surface area contributed by atoms with Crippen molar-refractivity contribution in [2.45, 2.75) is 12.5 Å². The molecule has 2 heterocycles. The zero-order valence-corrected chi connectivity index (χ0v) is 16.5. The number of nitrogens with one attached hydrogen (secondary N) is 2. The third-order valence-electron chi connectivity index (χ3n) is 4.56. The molecular weight excluding hydrogens is 392 g/mol. The Labute approximate surface area is 171 Å². The van der Waals surface area contributed by atoms with Crippen LogP contribution in [0.15, 0.2) is 48.5 Å². The van der Waals surface area contributed by atoms with E-state index in [2.05, 4.69) is 10.6 Å². The normalized spacial score (nSPS) is 14.8. The topological polar surface area (TPSA) is 96.9 Å². The number of thiophene rings is 1. The molecule has 1 aliphatic rings. The van der Waals surface area contributed by atoms with E-state index in [0.29, 0.717) is 35.3 Å². The Balaban J connectivity index is 1.37. The molecule has 0 bridgehead atoms. The van der Waals surface area contributed by atoms with Crippen molar-refractivity contribution in [3.8, 4) is 11.5 Å². The minimum atomic E-state index is -1.30. The molecule has 2 aromatic carbocycles. The summed E-state index contributed by atoms with van der Waals surface area (Å²) in [4.78, 5) is 25.1. The summed E-state index contributed by atoms with van der Waals surface area (Å²) in [5.74, 6) is -0.546. The maximum atomic E-state index is 12.2. The minimum Gasteiger partial charge on any atom is -0.486 e. The summed E-state index contributed by atoms with van der Waals surface area (Å²) in [5, 5.41) is 16.8. The van der Waals surface area contributed by atoms with E-state index in [-0.39, 0.29) is 6.54 Å². The molecule has 4 rings (SSSR count). The van der Waals surface area contributed by atoms with Gasteiger partial charge < -0.3 is 25.2 Å². The molecule has 2 amide bonds. The Morgan fingerprint density at radius 2 is 1.83 bits per heavy atom. The Hall–Kier alpha value is -3.10. The molecule has 3 aromatic rings. The first-order valence-electron chi connectivity index (χ1n) is 9.13. The van der Waals surface area contributed by atoms with Gasteiger partial charge in [-0.15, -0.1) is 11.3 Å². The lowest BCUT2D eigenvalue weighted by molar-refractivity contribution is -0.136. The number of carbonyl (C=O) groups is 2. The molecule has 0 aliphatic carbocycles. The van der Waals surface area contributed by atoms with Gasteiger partial charge in [-0.1, -0.05) is 18.2 Å². The van der Waals surface area contributed by atoms with Gasteiger partial charge in [0.15, 0.2) is 11.5 Å². The molecule has 3 N–H and O–H groups in total. The van der Waals surface area contributed by atoms with E-state index in [0.717, 1.165) is 10.1 Å². The second-order valence-electron chi connectivity index (χ2n) is 6.92. The summed E-state index contributed by atoms with van der Waals surface area (Å²) in [7, 11) is 0. The lowest BCUT2D eigenvalue weighted by Crippen LogP contribution is -2.43. The van der Waals surface area contributed by atoms with E-state index >= 15 is 0 Å². The molecule has 1 aliphatic heterocycles. The van der Waals surface area contributed by atoms with Crippen LogP contribution in [-0.2, 0) is 15.2 Å². The van der Waals surface area contributed by atoms with Gasteiger partial charge in [-0.3, -0.25) is 9.59 Å². The zero-order valence-electron chi connectivity index (χ0n) is 15.7. The summed E-state index contributed by atoms with van der Waals surface area (Å²) in [6.45, 7) is 2.42. The molecule has 0 spiro atoms. The first-order chi connectivity index (χ1) is 13.9. The average molecular weight is 412 g/mol. The van der Waals surface area contributed by atoms with E-state index in [1.54, 1.807) is 25.1 Å². The summed E-state index contributed by atoms with van der Waals surface area (Å²) in [6.07, 6.45) is 0. The molecule has 1 unspecified atom stereocenters. The molecule has 1 atom stereocenters. The Morgan fingerprint density at radius 1 is 1.07 bits per heavy atom. The van der Waals surface area contributed by atoms with Crippen LogP contribution in [0.1, 0.15) is 11.8 Å². The monoisotopic (exact) mass is 412 g/mol. The second-order valence-corrected chi connectivity index (χ2v) is 8.00. The second kappa shape index (κ2) is 7.73. The van der Waals surface area contributed by atoms with E-state index in [1.165, 1.54) is 11.3 Å². The van der Waals surface area contributed by atoms with Crippen LogP contribution in [0.5, 0.6) is 11.5 Å². The summed E-state index contributed by atoms with van der Waals surface area (Å²) in [6, 6.07) is 14.6. The molecule has 0 saturated carbocycles. The van der Waals surface area contributed by atoms with Crippen molar-refractivity contribution in [1.82, 2.24) is 5.32 Å². The first-order valence-corrected chi connectivity index (χ1v) is 9.94. The standard InChI is InChI=1S/C21H20N2O5S/c1-21(26,18-10-13-4-2-3-5-17(13)29-18)12-22-19(24)20(25)23-14-6-7-15-16(11-14)28-9-8-27-15/h2-7,10-11,26H,8-9,12H2,1H3,(H,22,24)(H,23,25). The maximum Gasteiger partial charge on any atom is 0.313 e. The summed E-state index contributed by atoms with van der Waals surface area (Å²) < 4.78 is 11.9. The van der Waals surface area contributed by atoms with Crippen molar-refractivity contribution < 1.29 is 24.2 Å².